The molecule has 5 nitrogen and oxygen atoms in total. The van der Waals surface area contributed by atoms with Crippen LogP contribution in [-0.4, -0.2) is 39.9 Å². The predicted octanol–water partition coefficient (Wildman–Crippen LogP) is 3.39. The second kappa shape index (κ2) is 10.7. The van der Waals surface area contributed by atoms with E-state index in [2.05, 4.69) is 33.1 Å². The number of guanidine groups is 1. The molecular formula is C18H25N3O2S. The minimum Gasteiger partial charge on any atom is -0.493 e. The maximum Gasteiger partial charge on any atom is 0.195 e. The van der Waals surface area contributed by atoms with Gasteiger partial charge in [-0.25, -0.2) is 0 Å². The monoisotopic (exact) mass is 347 g/mol. The van der Waals surface area contributed by atoms with Crippen LogP contribution >= 0.6 is 11.3 Å². The first-order valence-corrected chi connectivity index (χ1v) is 8.91. The SMILES string of the molecule is CN=C(NCCc1cccs1)Nc1cccc(OCCCOC)c1. The van der Waals surface area contributed by atoms with Crippen molar-refractivity contribution in [3.63, 3.8) is 0 Å². The third kappa shape index (κ3) is 6.60. The Kier molecular flexibility index (Phi) is 8.13. The number of thiophene rings is 1. The van der Waals surface area contributed by atoms with Crippen molar-refractivity contribution in [1.82, 2.24) is 5.32 Å². The average molecular weight is 347 g/mol. The van der Waals surface area contributed by atoms with Crippen LogP contribution in [0.5, 0.6) is 5.75 Å². The third-order valence-electron chi connectivity index (χ3n) is 3.33. The van der Waals surface area contributed by atoms with Gasteiger partial charge in [0.25, 0.3) is 0 Å². The summed E-state index contributed by atoms with van der Waals surface area (Å²) < 4.78 is 10.7. The Balaban J connectivity index is 1.79. The number of methoxy groups -OCH3 is 1. The molecule has 0 atom stereocenters. The molecule has 1 aromatic carbocycles. The van der Waals surface area contributed by atoms with Crippen molar-refractivity contribution in [3.8, 4) is 5.75 Å². The number of aliphatic imine (C=N–C) groups is 1. The minimum atomic E-state index is 0.644. The van der Waals surface area contributed by atoms with Crippen LogP contribution in [0.3, 0.4) is 0 Å². The summed E-state index contributed by atoms with van der Waals surface area (Å²) in [6.45, 7) is 2.19. The Labute approximate surface area is 147 Å². The average Bonchev–Trinajstić information content (AvgIpc) is 3.12. The summed E-state index contributed by atoms with van der Waals surface area (Å²) in [5.41, 5.74) is 0.948. The van der Waals surface area contributed by atoms with Crippen LogP contribution in [0.2, 0.25) is 0 Å². The Morgan fingerprint density at radius 2 is 2.12 bits per heavy atom. The van der Waals surface area contributed by atoms with Crippen molar-refractivity contribution < 1.29 is 9.47 Å². The van der Waals surface area contributed by atoms with Crippen LogP contribution in [-0.2, 0) is 11.2 Å². The van der Waals surface area contributed by atoms with E-state index < -0.39 is 0 Å². The number of nitrogens with zero attached hydrogens (tertiary/aromatic N) is 1. The summed E-state index contributed by atoms with van der Waals surface area (Å²) >= 11 is 1.77. The summed E-state index contributed by atoms with van der Waals surface area (Å²) in [6, 6.07) is 12.1. The van der Waals surface area contributed by atoms with Gasteiger partial charge in [-0.15, -0.1) is 11.3 Å². The van der Waals surface area contributed by atoms with Gasteiger partial charge in [0.1, 0.15) is 5.75 Å². The van der Waals surface area contributed by atoms with Crippen LogP contribution in [0.4, 0.5) is 5.69 Å². The fraction of sp³-hybridized carbons (Fsp3) is 0.389. The Hall–Kier alpha value is -2.05. The highest BCUT2D eigenvalue weighted by Gasteiger charge is 2.02. The van der Waals surface area contributed by atoms with Gasteiger partial charge in [-0.3, -0.25) is 4.99 Å². The van der Waals surface area contributed by atoms with E-state index in [1.807, 2.05) is 24.3 Å². The zero-order chi connectivity index (χ0) is 17.0. The van der Waals surface area contributed by atoms with Crippen molar-refractivity contribution in [3.05, 3.63) is 46.7 Å². The molecule has 0 fully saturated rings. The second-order valence-corrected chi connectivity index (χ2v) is 6.21. The molecule has 0 saturated heterocycles. The molecule has 24 heavy (non-hydrogen) atoms. The highest BCUT2D eigenvalue weighted by Crippen LogP contribution is 2.17. The molecule has 2 aromatic rings. The molecule has 0 aliphatic carbocycles. The highest BCUT2D eigenvalue weighted by atomic mass is 32.1. The van der Waals surface area contributed by atoms with Gasteiger partial charge in [-0.05, 0) is 30.0 Å². The molecule has 1 heterocycles. The molecular weight excluding hydrogens is 322 g/mol. The standard InChI is InChI=1S/C18H25N3O2S/c1-19-18(20-10-9-17-8-4-13-24-17)21-15-6-3-7-16(14-15)23-12-5-11-22-2/h3-4,6-8,13-14H,5,9-12H2,1-2H3,(H2,19,20,21). The molecule has 0 aliphatic rings. The molecule has 0 saturated carbocycles. The van der Waals surface area contributed by atoms with E-state index in [0.717, 1.165) is 36.8 Å². The summed E-state index contributed by atoms with van der Waals surface area (Å²) in [7, 11) is 3.47. The van der Waals surface area contributed by atoms with E-state index in [4.69, 9.17) is 9.47 Å². The van der Waals surface area contributed by atoms with Gasteiger partial charge in [0, 0.05) is 50.4 Å². The van der Waals surface area contributed by atoms with Crippen LogP contribution in [0.1, 0.15) is 11.3 Å². The van der Waals surface area contributed by atoms with Gasteiger partial charge in [0.2, 0.25) is 0 Å². The van der Waals surface area contributed by atoms with Gasteiger partial charge < -0.3 is 20.1 Å². The van der Waals surface area contributed by atoms with Gasteiger partial charge in [0.15, 0.2) is 5.96 Å². The lowest BCUT2D eigenvalue weighted by Gasteiger charge is -2.13. The first kappa shape index (κ1) is 18.3. The normalized spacial score (nSPS) is 11.3. The largest absolute Gasteiger partial charge is 0.493 e. The molecule has 1 aromatic heterocycles. The molecule has 130 valence electrons. The van der Waals surface area contributed by atoms with Gasteiger partial charge in [-0.2, -0.15) is 0 Å². The number of benzene rings is 1. The quantitative estimate of drug-likeness (QED) is 0.415. The molecule has 0 unspecified atom stereocenters. The summed E-state index contributed by atoms with van der Waals surface area (Å²) in [5.74, 6) is 1.59. The molecule has 0 aliphatic heterocycles. The van der Waals surface area contributed by atoms with E-state index in [0.29, 0.717) is 13.2 Å². The van der Waals surface area contributed by atoms with Crippen LogP contribution in [0, 0.1) is 0 Å². The van der Waals surface area contributed by atoms with Crippen molar-refractivity contribution in [2.75, 3.05) is 39.2 Å². The maximum absolute atomic E-state index is 5.72. The number of hydrogen-bond acceptors (Lipinski definition) is 4. The maximum atomic E-state index is 5.72. The number of ether oxygens (including phenoxy) is 2. The first-order chi connectivity index (χ1) is 11.8. The molecule has 2 rings (SSSR count). The van der Waals surface area contributed by atoms with Gasteiger partial charge in [0.05, 0.1) is 6.61 Å². The lowest BCUT2D eigenvalue weighted by atomic mass is 10.3. The summed E-state index contributed by atoms with van der Waals surface area (Å²) in [6.07, 6.45) is 1.86. The number of hydrogen-bond donors (Lipinski definition) is 2. The second-order valence-electron chi connectivity index (χ2n) is 5.18. The van der Waals surface area contributed by atoms with Crippen molar-refractivity contribution in [1.29, 1.82) is 0 Å². The van der Waals surface area contributed by atoms with Crippen molar-refractivity contribution in [2.24, 2.45) is 4.99 Å². The van der Waals surface area contributed by atoms with Gasteiger partial charge >= 0.3 is 0 Å². The topological polar surface area (TPSA) is 54.9 Å². The smallest absolute Gasteiger partial charge is 0.195 e. The predicted molar refractivity (Wildman–Crippen MR) is 101 cm³/mol. The molecule has 0 spiro atoms. The van der Waals surface area contributed by atoms with E-state index >= 15 is 0 Å². The van der Waals surface area contributed by atoms with Gasteiger partial charge in [-0.1, -0.05) is 12.1 Å². The van der Waals surface area contributed by atoms with E-state index in [-0.39, 0.29) is 0 Å². The highest BCUT2D eigenvalue weighted by molar-refractivity contribution is 7.09. The lowest BCUT2D eigenvalue weighted by Crippen LogP contribution is -2.32. The summed E-state index contributed by atoms with van der Waals surface area (Å²) in [5, 5.41) is 8.71. The molecule has 0 bridgehead atoms. The fourth-order valence-electron chi connectivity index (χ4n) is 2.13. The van der Waals surface area contributed by atoms with Crippen LogP contribution in [0.15, 0.2) is 46.8 Å². The zero-order valence-corrected chi connectivity index (χ0v) is 15.1. The third-order valence-corrected chi connectivity index (χ3v) is 4.26. The molecule has 6 heteroatoms. The number of anilines is 1. The minimum absolute atomic E-state index is 0.644. The molecule has 0 radical (unpaired) electrons. The number of nitrogens with one attached hydrogen (secondary N) is 2. The fourth-order valence-corrected chi connectivity index (χ4v) is 2.84. The van der Waals surface area contributed by atoms with Crippen LogP contribution in [0.25, 0.3) is 0 Å². The zero-order valence-electron chi connectivity index (χ0n) is 14.2. The van der Waals surface area contributed by atoms with Crippen molar-refractivity contribution in [2.45, 2.75) is 12.8 Å². The Morgan fingerprint density at radius 1 is 1.21 bits per heavy atom. The van der Waals surface area contributed by atoms with E-state index in [9.17, 15) is 0 Å². The van der Waals surface area contributed by atoms with Crippen molar-refractivity contribution >= 4 is 23.0 Å². The molecule has 2 N–H and O–H groups in total. The molecule has 0 amide bonds. The number of rotatable bonds is 9. The lowest BCUT2D eigenvalue weighted by molar-refractivity contribution is 0.172. The van der Waals surface area contributed by atoms with E-state index in [1.165, 1.54) is 4.88 Å². The summed E-state index contributed by atoms with van der Waals surface area (Å²) in [4.78, 5) is 5.62. The Morgan fingerprint density at radius 3 is 2.88 bits per heavy atom. The Bertz CT molecular complexity index is 614. The van der Waals surface area contributed by atoms with E-state index in [1.54, 1.807) is 25.5 Å². The van der Waals surface area contributed by atoms with Crippen LogP contribution < -0.4 is 15.4 Å². The first-order valence-electron chi connectivity index (χ1n) is 8.03.